The number of fused-ring (bicyclic) bond motifs is 1. The fraction of sp³-hybridized carbons (Fsp3) is 0.0741. The number of H-pyrrole nitrogens is 1. The maximum atomic E-state index is 12.9. The molecule has 0 saturated carbocycles. The summed E-state index contributed by atoms with van der Waals surface area (Å²) in [6.45, 7) is 0. The number of aromatic amines is 1. The van der Waals surface area contributed by atoms with Gasteiger partial charge in [-0.3, -0.25) is 9.36 Å². The second-order valence-corrected chi connectivity index (χ2v) is 8.27. The summed E-state index contributed by atoms with van der Waals surface area (Å²) in [4.78, 5) is 15.7. The van der Waals surface area contributed by atoms with Crippen LogP contribution in [0, 0.1) is 0 Å². The van der Waals surface area contributed by atoms with Gasteiger partial charge in [-0.1, -0.05) is 48.0 Å². The standard InChI is InChI=1S/C27H21ClN2O5/c1-34-18-6-3-5-16(13-18)23-26(32)24-20(29-27(23)33)14-22(28)30(24)17-11-9-15(10-12-17)19-7-4-8-21(35-2)25(19)31/h3-14,31H,1-2H3,(H2,29,32,33). The van der Waals surface area contributed by atoms with Gasteiger partial charge in [0.25, 0.3) is 5.56 Å². The summed E-state index contributed by atoms with van der Waals surface area (Å²) < 4.78 is 12.1. The number of pyridine rings is 1. The van der Waals surface area contributed by atoms with Crippen LogP contribution in [0.15, 0.2) is 77.6 Å². The van der Waals surface area contributed by atoms with Gasteiger partial charge < -0.3 is 24.7 Å². The van der Waals surface area contributed by atoms with Gasteiger partial charge in [-0.15, -0.1) is 0 Å². The van der Waals surface area contributed by atoms with Gasteiger partial charge in [-0.05, 0) is 47.5 Å². The van der Waals surface area contributed by atoms with Crippen molar-refractivity contribution in [2.24, 2.45) is 0 Å². The largest absolute Gasteiger partial charge is 0.505 e. The molecule has 0 bridgehead atoms. The maximum Gasteiger partial charge on any atom is 0.260 e. The lowest BCUT2D eigenvalue weighted by molar-refractivity contribution is 0.374. The molecule has 3 N–H and O–H groups in total. The molecule has 5 rings (SSSR count). The molecule has 0 aliphatic rings. The number of nitrogens with one attached hydrogen (secondary N) is 1. The van der Waals surface area contributed by atoms with Crippen molar-refractivity contribution in [3.8, 4) is 50.9 Å². The van der Waals surface area contributed by atoms with E-state index in [-0.39, 0.29) is 17.1 Å². The van der Waals surface area contributed by atoms with Crippen molar-refractivity contribution in [3.63, 3.8) is 0 Å². The molecule has 0 amide bonds. The molecule has 0 fully saturated rings. The van der Waals surface area contributed by atoms with E-state index < -0.39 is 5.56 Å². The fourth-order valence-electron chi connectivity index (χ4n) is 4.23. The molecule has 7 nitrogen and oxygen atoms in total. The Labute approximate surface area is 205 Å². The molecular formula is C27H21ClN2O5. The van der Waals surface area contributed by atoms with E-state index in [4.69, 9.17) is 21.1 Å². The number of halogens is 1. The second kappa shape index (κ2) is 8.77. The number of aromatic nitrogens is 2. The molecular weight excluding hydrogens is 468 g/mol. The van der Waals surface area contributed by atoms with Gasteiger partial charge >= 0.3 is 0 Å². The van der Waals surface area contributed by atoms with Gasteiger partial charge in [0.05, 0.1) is 25.3 Å². The number of methoxy groups -OCH3 is 2. The first-order chi connectivity index (χ1) is 16.9. The van der Waals surface area contributed by atoms with E-state index in [0.29, 0.717) is 44.5 Å². The van der Waals surface area contributed by atoms with Gasteiger partial charge in [0.1, 0.15) is 16.4 Å². The van der Waals surface area contributed by atoms with Crippen molar-refractivity contribution >= 4 is 22.6 Å². The normalized spacial score (nSPS) is 11.1. The Balaban J connectivity index is 1.66. The van der Waals surface area contributed by atoms with Crippen LogP contribution in [0.2, 0.25) is 5.15 Å². The first-order valence-corrected chi connectivity index (χ1v) is 11.1. The van der Waals surface area contributed by atoms with Gasteiger partial charge in [0, 0.05) is 11.3 Å². The zero-order valence-corrected chi connectivity index (χ0v) is 19.6. The molecule has 2 aromatic heterocycles. The van der Waals surface area contributed by atoms with Crippen molar-refractivity contribution in [1.82, 2.24) is 9.55 Å². The van der Waals surface area contributed by atoms with Gasteiger partial charge in [0.2, 0.25) is 0 Å². The summed E-state index contributed by atoms with van der Waals surface area (Å²) in [6.07, 6.45) is 0. The van der Waals surface area contributed by atoms with Gasteiger partial charge in [0.15, 0.2) is 17.2 Å². The Hall–Kier alpha value is -4.36. The van der Waals surface area contributed by atoms with Crippen LogP contribution in [0.25, 0.3) is 39.0 Å². The third-order valence-corrected chi connectivity index (χ3v) is 6.18. The summed E-state index contributed by atoms with van der Waals surface area (Å²) in [5, 5.41) is 22.0. The molecule has 3 aromatic carbocycles. The number of phenols is 1. The van der Waals surface area contributed by atoms with E-state index in [9.17, 15) is 15.0 Å². The topological polar surface area (TPSA) is 96.7 Å². The molecule has 176 valence electrons. The van der Waals surface area contributed by atoms with Crippen LogP contribution in [-0.2, 0) is 0 Å². The average Bonchev–Trinajstić information content (AvgIpc) is 3.20. The van der Waals surface area contributed by atoms with Gasteiger partial charge in [-0.2, -0.15) is 0 Å². The van der Waals surface area contributed by atoms with E-state index in [0.717, 1.165) is 5.56 Å². The SMILES string of the molecule is COc1cccc(-c2c(O)c3c(cc(Cl)n3-c3ccc(-c4cccc(OC)c4O)cc3)[nH]c2=O)c1. The molecule has 5 aromatic rings. The highest BCUT2D eigenvalue weighted by atomic mass is 35.5. The summed E-state index contributed by atoms with van der Waals surface area (Å²) in [5.74, 6) is 0.792. The molecule has 35 heavy (non-hydrogen) atoms. The first-order valence-electron chi connectivity index (χ1n) is 10.7. The first kappa shape index (κ1) is 22.4. The zero-order chi connectivity index (χ0) is 24.7. The van der Waals surface area contributed by atoms with E-state index in [2.05, 4.69) is 4.98 Å². The fourth-order valence-corrected chi connectivity index (χ4v) is 4.52. The summed E-state index contributed by atoms with van der Waals surface area (Å²) >= 11 is 6.55. The van der Waals surface area contributed by atoms with Crippen LogP contribution < -0.4 is 15.0 Å². The Morgan fingerprint density at radius 1 is 0.857 bits per heavy atom. The van der Waals surface area contributed by atoms with E-state index >= 15 is 0 Å². The van der Waals surface area contributed by atoms with Crippen LogP contribution >= 0.6 is 11.6 Å². The van der Waals surface area contributed by atoms with E-state index in [1.54, 1.807) is 53.1 Å². The number of hydrogen-bond donors (Lipinski definition) is 3. The number of para-hydroxylation sites is 1. The number of ether oxygens (including phenoxy) is 2. The monoisotopic (exact) mass is 488 g/mol. The Morgan fingerprint density at radius 3 is 2.31 bits per heavy atom. The molecule has 0 radical (unpaired) electrons. The third-order valence-electron chi connectivity index (χ3n) is 5.91. The number of rotatable bonds is 5. The Kier molecular flexibility index (Phi) is 5.62. The molecule has 0 atom stereocenters. The Morgan fingerprint density at radius 2 is 1.60 bits per heavy atom. The van der Waals surface area contributed by atoms with Crippen molar-refractivity contribution in [2.45, 2.75) is 0 Å². The minimum absolute atomic E-state index is 0.0466. The number of aromatic hydroxyl groups is 2. The number of hydrogen-bond acceptors (Lipinski definition) is 5. The molecule has 8 heteroatoms. The predicted octanol–water partition coefficient (Wildman–Crippen LogP) is 5.73. The van der Waals surface area contributed by atoms with E-state index in [1.807, 2.05) is 24.3 Å². The number of benzene rings is 3. The molecule has 2 heterocycles. The third kappa shape index (κ3) is 3.76. The quantitative estimate of drug-likeness (QED) is 0.293. The van der Waals surface area contributed by atoms with Crippen LogP contribution in [0.1, 0.15) is 0 Å². The maximum absolute atomic E-state index is 12.9. The predicted molar refractivity (Wildman–Crippen MR) is 136 cm³/mol. The van der Waals surface area contributed by atoms with Crippen LogP contribution in [0.3, 0.4) is 0 Å². The average molecular weight is 489 g/mol. The minimum Gasteiger partial charge on any atom is -0.505 e. The van der Waals surface area contributed by atoms with Crippen molar-refractivity contribution < 1.29 is 19.7 Å². The lowest BCUT2D eigenvalue weighted by atomic mass is 10.0. The van der Waals surface area contributed by atoms with Crippen molar-refractivity contribution in [1.29, 1.82) is 0 Å². The summed E-state index contributed by atoms with van der Waals surface area (Å²) in [5.41, 5.74) is 3.00. The van der Waals surface area contributed by atoms with Gasteiger partial charge in [-0.25, -0.2) is 0 Å². The summed E-state index contributed by atoms with van der Waals surface area (Å²) in [7, 11) is 3.03. The van der Waals surface area contributed by atoms with Crippen LogP contribution in [0.4, 0.5) is 0 Å². The number of nitrogens with zero attached hydrogens (tertiary/aromatic N) is 1. The zero-order valence-electron chi connectivity index (χ0n) is 18.9. The number of phenolic OH excluding ortho intramolecular Hbond substituents is 1. The highest BCUT2D eigenvalue weighted by molar-refractivity contribution is 6.31. The molecule has 0 unspecified atom stereocenters. The lowest BCUT2D eigenvalue weighted by Gasteiger charge is -2.13. The van der Waals surface area contributed by atoms with Crippen molar-refractivity contribution in [2.75, 3.05) is 14.2 Å². The lowest BCUT2D eigenvalue weighted by Crippen LogP contribution is -2.10. The smallest absolute Gasteiger partial charge is 0.260 e. The molecule has 0 aliphatic heterocycles. The molecule has 0 saturated heterocycles. The highest BCUT2D eigenvalue weighted by Gasteiger charge is 2.21. The summed E-state index contributed by atoms with van der Waals surface area (Å²) in [6, 6.07) is 21.1. The highest BCUT2D eigenvalue weighted by Crippen LogP contribution is 2.39. The van der Waals surface area contributed by atoms with E-state index in [1.165, 1.54) is 14.2 Å². The van der Waals surface area contributed by atoms with Crippen molar-refractivity contribution in [3.05, 3.63) is 88.3 Å². The Bertz CT molecular complexity index is 1620. The van der Waals surface area contributed by atoms with Crippen LogP contribution in [0.5, 0.6) is 23.0 Å². The second-order valence-electron chi connectivity index (χ2n) is 7.88. The molecule has 0 spiro atoms. The van der Waals surface area contributed by atoms with Crippen LogP contribution in [-0.4, -0.2) is 34.0 Å². The minimum atomic E-state index is -0.444. The molecule has 0 aliphatic carbocycles.